The van der Waals surface area contributed by atoms with E-state index in [1.807, 2.05) is 24.4 Å². The van der Waals surface area contributed by atoms with Crippen molar-refractivity contribution in [1.29, 1.82) is 0 Å². The first-order valence-corrected chi connectivity index (χ1v) is 5.40. The lowest BCUT2D eigenvalue weighted by Crippen LogP contribution is -2.05. The molecule has 1 aromatic rings. The second-order valence-electron chi connectivity index (χ2n) is 3.76. The molecule has 1 heterocycles. The van der Waals surface area contributed by atoms with Crippen LogP contribution in [0.2, 0.25) is 0 Å². The molecule has 0 atom stereocenters. The van der Waals surface area contributed by atoms with E-state index in [4.69, 9.17) is 0 Å². The Morgan fingerprint density at radius 1 is 1.07 bits per heavy atom. The molecule has 0 spiro atoms. The molecule has 1 nitrogen and oxygen atoms in total. The van der Waals surface area contributed by atoms with E-state index in [0.29, 0.717) is 5.92 Å². The molecule has 1 N–H and O–H groups in total. The Kier molecular flexibility index (Phi) is 5.31. The number of hydrogen-bond donors (Lipinski definition) is 1. The lowest BCUT2D eigenvalue weighted by atomic mass is 10.0. The zero-order chi connectivity index (χ0) is 10.9. The molecule has 0 unspecified atom stereocenters. The van der Waals surface area contributed by atoms with Crippen LogP contribution in [0.3, 0.4) is 0 Å². The number of dihydropyridines is 1. The number of nitrogens with one attached hydrogen (secondary N) is 1. The fourth-order valence-electron chi connectivity index (χ4n) is 1.24. The van der Waals surface area contributed by atoms with Crippen LogP contribution in [0.15, 0.2) is 54.8 Å². The standard InChI is InChI=1S/C9H12.C5H7N/c1-8(2)9-6-4-3-5-7-9;1-2-4-6-5-3-1/h3-8H,1-2H3;1-4,6H,5H2. The average Bonchev–Trinajstić information content (AvgIpc) is 2.33. The third-order valence-corrected chi connectivity index (χ3v) is 2.16. The van der Waals surface area contributed by atoms with E-state index in [-0.39, 0.29) is 0 Å². The fourth-order valence-corrected chi connectivity index (χ4v) is 1.24. The molecule has 0 saturated carbocycles. The van der Waals surface area contributed by atoms with Crippen molar-refractivity contribution in [2.24, 2.45) is 0 Å². The van der Waals surface area contributed by atoms with Crippen LogP contribution >= 0.6 is 0 Å². The summed E-state index contributed by atoms with van der Waals surface area (Å²) in [6, 6.07) is 10.5. The predicted octanol–water partition coefficient (Wildman–Crippen LogP) is 3.47. The monoisotopic (exact) mass is 201 g/mol. The topological polar surface area (TPSA) is 12.0 Å². The van der Waals surface area contributed by atoms with Crippen molar-refractivity contribution in [3.8, 4) is 0 Å². The Morgan fingerprint density at radius 3 is 2.07 bits per heavy atom. The predicted molar refractivity (Wildman–Crippen MR) is 66.8 cm³/mol. The lowest BCUT2D eigenvalue weighted by Gasteiger charge is -2.01. The highest BCUT2D eigenvalue weighted by atomic mass is 14.8. The second-order valence-corrected chi connectivity index (χ2v) is 3.76. The van der Waals surface area contributed by atoms with E-state index in [2.05, 4.69) is 49.5 Å². The first-order valence-electron chi connectivity index (χ1n) is 5.40. The Balaban J connectivity index is 0.000000162. The molecular formula is C14H19N. The minimum atomic E-state index is 0.659. The third kappa shape index (κ3) is 5.06. The summed E-state index contributed by atoms with van der Waals surface area (Å²) in [5.74, 6) is 0.659. The van der Waals surface area contributed by atoms with Crippen molar-refractivity contribution in [3.05, 3.63) is 60.3 Å². The van der Waals surface area contributed by atoms with Gasteiger partial charge in [-0.3, -0.25) is 0 Å². The van der Waals surface area contributed by atoms with E-state index in [1.54, 1.807) is 0 Å². The third-order valence-electron chi connectivity index (χ3n) is 2.16. The van der Waals surface area contributed by atoms with Gasteiger partial charge in [0, 0.05) is 6.54 Å². The van der Waals surface area contributed by atoms with Crippen molar-refractivity contribution in [2.45, 2.75) is 19.8 Å². The highest BCUT2D eigenvalue weighted by Gasteiger charge is 1.93. The van der Waals surface area contributed by atoms with Gasteiger partial charge in [-0.2, -0.15) is 0 Å². The quantitative estimate of drug-likeness (QED) is 0.733. The van der Waals surface area contributed by atoms with Crippen LogP contribution in [0.4, 0.5) is 0 Å². The van der Waals surface area contributed by atoms with Gasteiger partial charge < -0.3 is 5.32 Å². The highest BCUT2D eigenvalue weighted by molar-refractivity contribution is 5.17. The van der Waals surface area contributed by atoms with Crippen molar-refractivity contribution in [2.75, 3.05) is 6.54 Å². The summed E-state index contributed by atoms with van der Waals surface area (Å²) < 4.78 is 0. The summed E-state index contributed by atoms with van der Waals surface area (Å²) in [6.45, 7) is 5.39. The number of benzene rings is 1. The highest BCUT2D eigenvalue weighted by Crippen LogP contribution is 2.11. The molecule has 15 heavy (non-hydrogen) atoms. The van der Waals surface area contributed by atoms with Crippen LogP contribution in [0, 0.1) is 0 Å². The van der Waals surface area contributed by atoms with Crippen molar-refractivity contribution in [1.82, 2.24) is 5.32 Å². The van der Waals surface area contributed by atoms with Gasteiger partial charge in [0.15, 0.2) is 0 Å². The van der Waals surface area contributed by atoms with Gasteiger partial charge >= 0.3 is 0 Å². The first kappa shape index (κ1) is 11.6. The summed E-state index contributed by atoms with van der Waals surface area (Å²) in [6.07, 6.45) is 8.00. The van der Waals surface area contributed by atoms with Gasteiger partial charge in [-0.25, -0.2) is 0 Å². The number of allylic oxidation sites excluding steroid dienone is 2. The summed E-state index contributed by atoms with van der Waals surface area (Å²) in [4.78, 5) is 0. The van der Waals surface area contributed by atoms with Gasteiger partial charge in [0.05, 0.1) is 0 Å². The molecule has 0 radical (unpaired) electrons. The van der Waals surface area contributed by atoms with Gasteiger partial charge in [0.1, 0.15) is 0 Å². The van der Waals surface area contributed by atoms with Crippen LogP contribution < -0.4 is 5.32 Å². The maximum atomic E-state index is 3.02. The van der Waals surface area contributed by atoms with Crippen LogP contribution in [0.5, 0.6) is 0 Å². The first-order chi connectivity index (χ1) is 7.30. The summed E-state index contributed by atoms with van der Waals surface area (Å²) in [5, 5.41) is 3.02. The zero-order valence-electron chi connectivity index (χ0n) is 9.48. The van der Waals surface area contributed by atoms with Gasteiger partial charge in [-0.1, -0.05) is 56.3 Å². The molecule has 0 saturated heterocycles. The molecule has 0 aromatic heterocycles. The molecule has 2 rings (SSSR count). The Hall–Kier alpha value is -1.50. The summed E-state index contributed by atoms with van der Waals surface area (Å²) in [5.41, 5.74) is 1.41. The van der Waals surface area contributed by atoms with E-state index in [1.165, 1.54) is 5.56 Å². The Labute approximate surface area is 92.5 Å². The maximum absolute atomic E-state index is 3.02. The Morgan fingerprint density at radius 2 is 1.80 bits per heavy atom. The largest absolute Gasteiger partial charge is 0.387 e. The van der Waals surface area contributed by atoms with E-state index in [9.17, 15) is 0 Å². The molecule has 1 aliphatic heterocycles. The molecule has 80 valence electrons. The number of hydrogen-bond acceptors (Lipinski definition) is 1. The van der Waals surface area contributed by atoms with Gasteiger partial charge in [-0.05, 0) is 23.8 Å². The molecule has 0 amide bonds. The molecule has 1 aliphatic rings. The normalized spacial score (nSPS) is 13.0. The van der Waals surface area contributed by atoms with Gasteiger partial charge in [0.2, 0.25) is 0 Å². The van der Waals surface area contributed by atoms with Crippen LogP contribution in [0.1, 0.15) is 25.3 Å². The zero-order valence-corrected chi connectivity index (χ0v) is 9.48. The SMILES string of the molecule is C1=CCNC=C1.CC(C)c1ccccc1. The molecule has 0 fully saturated rings. The van der Waals surface area contributed by atoms with Crippen molar-refractivity contribution in [3.63, 3.8) is 0 Å². The fraction of sp³-hybridized carbons (Fsp3) is 0.286. The Bertz CT molecular complexity index is 297. The molecule has 0 aliphatic carbocycles. The second kappa shape index (κ2) is 6.88. The minimum absolute atomic E-state index is 0.659. The lowest BCUT2D eigenvalue weighted by molar-refractivity contribution is 0.867. The van der Waals surface area contributed by atoms with E-state index < -0.39 is 0 Å². The van der Waals surface area contributed by atoms with E-state index >= 15 is 0 Å². The minimum Gasteiger partial charge on any atom is -0.387 e. The van der Waals surface area contributed by atoms with Crippen molar-refractivity contribution < 1.29 is 0 Å². The molecule has 1 aromatic carbocycles. The van der Waals surface area contributed by atoms with Crippen LogP contribution in [-0.2, 0) is 0 Å². The summed E-state index contributed by atoms with van der Waals surface area (Å²) >= 11 is 0. The van der Waals surface area contributed by atoms with Gasteiger partial charge in [0.25, 0.3) is 0 Å². The molecule has 1 heteroatoms. The van der Waals surface area contributed by atoms with Crippen molar-refractivity contribution >= 4 is 0 Å². The van der Waals surface area contributed by atoms with Crippen LogP contribution in [-0.4, -0.2) is 6.54 Å². The molecular weight excluding hydrogens is 182 g/mol. The smallest absolute Gasteiger partial charge is 0.0328 e. The summed E-state index contributed by atoms with van der Waals surface area (Å²) in [7, 11) is 0. The van der Waals surface area contributed by atoms with Crippen LogP contribution in [0.25, 0.3) is 0 Å². The maximum Gasteiger partial charge on any atom is 0.0328 e. The van der Waals surface area contributed by atoms with E-state index in [0.717, 1.165) is 6.54 Å². The number of rotatable bonds is 1. The van der Waals surface area contributed by atoms with Gasteiger partial charge in [-0.15, -0.1) is 0 Å². The average molecular weight is 201 g/mol. The molecule has 0 bridgehead atoms.